The Balaban J connectivity index is 2.33. The summed E-state index contributed by atoms with van der Waals surface area (Å²) in [6, 6.07) is 0. The van der Waals surface area contributed by atoms with Crippen LogP contribution in [0, 0.1) is 0 Å². The third kappa shape index (κ3) is 1.47. The fourth-order valence-corrected chi connectivity index (χ4v) is 1.46. The summed E-state index contributed by atoms with van der Waals surface area (Å²) in [7, 11) is 0. The lowest BCUT2D eigenvalue weighted by Gasteiger charge is -2.06. The summed E-state index contributed by atoms with van der Waals surface area (Å²) in [4.78, 5) is 10.8. The highest BCUT2D eigenvalue weighted by Gasteiger charge is 2.53. The summed E-state index contributed by atoms with van der Waals surface area (Å²) in [5.74, 6) is -1.09. The minimum Gasteiger partial charge on any atom is -0.481 e. The van der Waals surface area contributed by atoms with Crippen LogP contribution in [0.4, 0.5) is 13.2 Å². The number of alkyl halides is 3. The number of aliphatic carboxylic acids is 1. The van der Waals surface area contributed by atoms with E-state index in [1.165, 1.54) is 0 Å². The summed E-state index contributed by atoms with van der Waals surface area (Å²) >= 11 is 0. The molecule has 1 heterocycles. The van der Waals surface area contributed by atoms with Gasteiger partial charge < -0.3 is 5.11 Å². The first-order valence-corrected chi connectivity index (χ1v) is 4.22. The molecule has 2 rings (SSSR count). The first-order valence-electron chi connectivity index (χ1n) is 4.22. The van der Waals surface area contributed by atoms with Crippen LogP contribution in [0.25, 0.3) is 0 Å². The van der Waals surface area contributed by atoms with E-state index in [9.17, 15) is 18.0 Å². The predicted molar refractivity (Wildman–Crippen MR) is 42.1 cm³/mol. The summed E-state index contributed by atoms with van der Waals surface area (Å²) in [5, 5.41) is 12.0. The maximum atomic E-state index is 12.2. The van der Waals surface area contributed by atoms with Crippen LogP contribution in [0.5, 0.6) is 0 Å². The largest absolute Gasteiger partial charge is 0.504 e. The van der Waals surface area contributed by atoms with Gasteiger partial charge in [-0.1, -0.05) is 0 Å². The number of hydrogen-bond acceptors (Lipinski definition) is 2. The monoisotopic (exact) mass is 220 g/mol. The standard InChI is InChI=1S/C8H7F3N2O2/c9-8(10,11)13-4-5(3-12-13)7(1-2-7)6(14)15/h3-4H,1-2H2,(H,14,15). The number of carboxylic acids is 1. The van der Waals surface area contributed by atoms with Crippen molar-refractivity contribution in [1.29, 1.82) is 0 Å². The number of aromatic nitrogens is 2. The number of nitrogens with zero attached hydrogens (tertiary/aromatic N) is 2. The molecule has 1 aliphatic carbocycles. The molecular weight excluding hydrogens is 213 g/mol. The van der Waals surface area contributed by atoms with Gasteiger partial charge in [0.2, 0.25) is 0 Å². The van der Waals surface area contributed by atoms with E-state index in [2.05, 4.69) is 5.10 Å². The number of carbonyl (C=O) groups is 1. The van der Waals surface area contributed by atoms with Gasteiger partial charge in [-0.25, -0.2) is 0 Å². The van der Waals surface area contributed by atoms with Crippen LogP contribution in [-0.2, 0) is 16.5 Å². The first kappa shape index (κ1) is 10.0. The summed E-state index contributed by atoms with van der Waals surface area (Å²) < 4.78 is 36.3. The molecule has 0 aromatic carbocycles. The van der Waals surface area contributed by atoms with E-state index in [4.69, 9.17) is 5.11 Å². The van der Waals surface area contributed by atoms with Gasteiger partial charge in [0.05, 0.1) is 11.6 Å². The van der Waals surface area contributed by atoms with Crippen molar-refractivity contribution in [2.75, 3.05) is 0 Å². The van der Waals surface area contributed by atoms with Gasteiger partial charge in [-0.15, -0.1) is 13.2 Å². The van der Waals surface area contributed by atoms with Crippen molar-refractivity contribution >= 4 is 5.97 Å². The highest BCUT2D eigenvalue weighted by molar-refractivity contribution is 5.84. The number of rotatable bonds is 2. The molecule has 4 nitrogen and oxygen atoms in total. The molecule has 15 heavy (non-hydrogen) atoms. The van der Waals surface area contributed by atoms with E-state index >= 15 is 0 Å². The van der Waals surface area contributed by atoms with Crippen molar-refractivity contribution in [3.63, 3.8) is 0 Å². The molecule has 0 unspecified atom stereocenters. The Hall–Kier alpha value is -1.53. The maximum absolute atomic E-state index is 12.2. The molecule has 0 bridgehead atoms. The van der Waals surface area contributed by atoms with Gasteiger partial charge in [0, 0.05) is 11.8 Å². The highest BCUT2D eigenvalue weighted by atomic mass is 19.4. The molecular formula is C8H7F3N2O2. The first-order chi connectivity index (χ1) is 6.86. The van der Waals surface area contributed by atoms with E-state index in [1.807, 2.05) is 0 Å². The smallest absolute Gasteiger partial charge is 0.481 e. The zero-order chi connectivity index (χ0) is 11.3. The second-order valence-corrected chi connectivity index (χ2v) is 3.53. The quantitative estimate of drug-likeness (QED) is 0.821. The van der Waals surface area contributed by atoms with Crippen LogP contribution in [0.1, 0.15) is 18.4 Å². The van der Waals surface area contributed by atoms with Crippen molar-refractivity contribution < 1.29 is 23.1 Å². The number of hydrogen-bond donors (Lipinski definition) is 1. The predicted octanol–water partition coefficient (Wildman–Crippen LogP) is 1.48. The molecule has 1 N–H and O–H groups in total. The van der Waals surface area contributed by atoms with Gasteiger partial charge in [0.15, 0.2) is 0 Å². The number of halogens is 3. The van der Waals surface area contributed by atoms with Gasteiger partial charge in [0.25, 0.3) is 0 Å². The van der Waals surface area contributed by atoms with Gasteiger partial charge >= 0.3 is 12.3 Å². The molecule has 0 spiro atoms. The Morgan fingerprint density at radius 1 is 1.53 bits per heavy atom. The fraction of sp³-hybridized carbons (Fsp3) is 0.500. The minimum absolute atomic E-state index is 0.118. The molecule has 7 heteroatoms. The van der Waals surface area contributed by atoms with E-state index in [0.717, 1.165) is 12.4 Å². The van der Waals surface area contributed by atoms with Crippen LogP contribution >= 0.6 is 0 Å². The maximum Gasteiger partial charge on any atom is 0.504 e. The minimum atomic E-state index is -4.59. The molecule has 1 saturated carbocycles. The van der Waals surface area contributed by atoms with Gasteiger partial charge in [-0.2, -0.15) is 9.78 Å². The molecule has 0 aliphatic heterocycles. The fourth-order valence-electron chi connectivity index (χ4n) is 1.46. The highest BCUT2D eigenvalue weighted by Crippen LogP contribution is 2.48. The van der Waals surface area contributed by atoms with Gasteiger partial charge in [-0.3, -0.25) is 4.79 Å². The van der Waals surface area contributed by atoms with Crippen LogP contribution in [0.15, 0.2) is 12.4 Å². The Kier molecular flexibility index (Phi) is 1.83. The lowest BCUT2D eigenvalue weighted by atomic mass is 10.0. The van der Waals surface area contributed by atoms with E-state index < -0.39 is 17.7 Å². The molecule has 1 aliphatic rings. The molecule has 0 saturated heterocycles. The van der Waals surface area contributed by atoms with Crippen LogP contribution in [0.2, 0.25) is 0 Å². The van der Waals surface area contributed by atoms with Crippen LogP contribution < -0.4 is 0 Å². The molecule has 0 atom stereocenters. The van der Waals surface area contributed by atoms with Crippen molar-refractivity contribution in [2.45, 2.75) is 24.6 Å². The molecule has 1 fully saturated rings. The van der Waals surface area contributed by atoms with Crippen LogP contribution in [-0.4, -0.2) is 20.9 Å². The van der Waals surface area contributed by atoms with Gasteiger partial charge in [0.1, 0.15) is 0 Å². The summed E-state index contributed by atoms with van der Waals surface area (Å²) in [6.07, 6.45) is -2.15. The second kappa shape index (κ2) is 2.74. The third-order valence-corrected chi connectivity index (χ3v) is 2.55. The lowest BCUT2D eigenvalue weighted by molar-refractivity contribution is -0.212. The third-order valence-electron chi connectivity index (χ3n) is 2.55. The topological polar surface area (TPSA) is 55.1 Å². The molecule has 82 valence electrons. The Morgan fingerprint density at radius 3 is 2.47 bits per heavy atom. The average Bonchev–Trinajstić information content (AvgIpc) is 2.75. The Labute approximate surface area is 82.3 Å². The normalized spacial score (nSPS) is 18.9. The zero-order valence-corrected chi connectivity index (χ0v) is 7.45. The van der Waals surface area contributed by atoms with Crippen molar-refractivity contribution in [3.05, 3.63) is 18.0 Å². The molecule has 0 radical (unpaired) electrons. The van der Waals surface area contributed by atoms with Crippen molar-refractivity contribution in [2.24, 2.45) is 0 Å². The Morgan fingerprint density at radius 2 is 2.13 bits per heavy atom. The van der Waals surface area contributed by atoms with Crippen molar-refractivity contribution in [1.82, 2.24) is 9.78 Å². The SMILES string of the molecule is O=C(O)C1(c2cnn(C(F)(F)F)c2)CC1. The average molecular weight is 220 g/mol. The molecule has 0 amide bonds. The molecule has 1 aromatic rings. The lowest BCUT2D eigenvalue weighted by Crippen LogP contribution is -2.20. The summed E-state index contributed by atoms with van der Waals surface area (Å²) in [5.41, 5.74) is -1.02. The van der Waals surface area contributed by atoms with E-state index in [1.54, 1.807) is 0 Å². The zero-order valence-electron chi connectivity index (χ0n) is 7.45. The Bertz CT molecular complexity index is 406. The molecule has 1 aromatic heterocycles. The second-order valence-electron chi connectivity index (χ2n) is 3.53. The summed E-state index contributed by atoms with van der Waals surface area (Å²) in [6.45, 7) is 0. The van der Waals surface area contributed by atoms with E-state index in [-0.39, 0.29) is 10.2 Å². The van der Waals surface area contributed by atoms with Crippen molar-refractivity contribution in [3.8, 4) is 0 Å². The van der Waals surface area contributed by atoms with Gasteiger partial charge in [-0.05, 0) is 12.8 Å². The van der Waals surface area contributed by atoms with E-state index in [0.29, 0.717) is 12.8 Å². The number of carboxylic acid groups (broad SMARTS) is 1. The van der Waals surface area contributed by atoms with Crippen LogP contribution in [0.3, 0.4) is 0 Å².